The zero-order valence-corrected chi connectivity index (χ0v) is 10.2. The van der Waals surface area contributed by atoms with Crippen molar-refractivity contribution in [3.8, 4) is 0 Å². The first kappa shape index (κ1) is 10.7. The Kier molecular flexibility index (Phi) is 2.52. The molecule has 2 nitrogen and oxygen atoms in total. The van der Waals surface area contributed by atoms with Crippen molar-refractivity contribution < 1.29 is 5.21 Å². The Morgan fingerprint density at radius 2 is 2.06 bits per heavy atom. The molecule has 0 saturated heterocycles. The smallest absolute Gasteiger partial charge is 0.106 e. The summed E-state index contributed by atoms with van der Waals surface area (Å²) >= 11 is 12.0. The fraction of sp³-hybridized carbons (Fsp3) is 0.583. The van der Waals surface area contributed by atoms with Gasteiger partial charge < -0.3 is 5.21 Å². The monoisotopic (exact) mass is 257 g/mol. The summed E-state index contributed by atoms with van der Waals surface area (Å²) in [6.45, 7) is 0. The van der Waals surface area contributed by atoms with Crippen molar-refractivity contribution in [2.24, 2.45) is 28.8 Å². The maximum atomic E-state index is 9.06. The van der Waals surface area contributed by atoms with Gasteiger partial charge in [0.25, 0.3) is 0 Å². The molecular formula is C12H13Cl2NO. The van der Waals surface area contributed by atoms with Crippen molar-refractivity contribution in [1.29, 1.82) is 0 Å². The summed E-state index contributed by atoms with van der Waals surface area (Å²) in [5.41, 5.74) is 2.10. The fourth-order valence-corrected chi connectivity index (χ4v) is 4.37. The van der Waals surface area contributed by atoms with E-state index in [1.54, 1.807) is 0 Å². The summed E-state index contributed by atoms with van der Waals surface area (Å²) in [4.78, 5) is 0. The number of halogens is 2. The van der Waals surface area contributed by atoms with Crippen LogP contribution >= 0.6 is 23.2 Å². The maximum Gasteiger partial charge on any atom is 0.106 e. The predicted octanol–water partition coefficient (Wildman–Crippen LogP) is 3.74. The summed E-state index contributed by atoms with van der Waals surface area (Å²) < 4.78 is 0.438. The summed E-state index contributed by atoms with van der Waals surface area (Å²) in [6.07, 6.45) is 7.38. The summed E-state index contributed by atoms with van der Waals surface area (Å²) in [6, 6.07) is 0. The molecule has 0 aromatic rings. The summed E-state index contributed by atoms with van der Waals surface area (Å²) in [5, 5.41) is 12.5. The molecule has 86 valence electrons. The zero-order valence-electron chi connectivity index (χ0n) is 8.74. The minimum Gasteiger partial charge on any atom is -0.411 e. The average molecular weight is 258 g/mol. The summed E-state index contributed by atoms with van der Waals surface area (Å²) in [5.74, 6) is 1.64. The molecule has 0 aromatic heterocycles. The quantitative estimate of drug-likeness (QED) is 0.400. The van der Waals surface area contributed by atoms with Crippen LogP contribution in [-0.2, 0) is 0 Å². The largest absolute Gasteiger partial charge is 0.411 e. The number of rotatable bonds is 0. The highest BCUT2D eigenvalue weighted by molar-refractivity contribution is 6.56. The van der Waals surface area contributed by atoms with Gasteiger partial charge in [-0.05, 0) is 36.2 Å². The fourth-order valence-electron chi connectivity index (χ4n) is 3.81. The van der Waals surface area contributed by atoms with Crippen molar-refractivity contribution >= 4 is 28.9 Å². The van der Waals surface area contributed by atoms with Crippen LogP contribution in [0, 0.1) is 23.7 Å². The molecule has 0 radical (unpaired) electrons. The van der Waals surface area contributed by atoms with Crippen molar-refractivity contribution in [2.75, 3.05) is 0 Å². The van der Waals surface area contributed by atoms with Crippen LogP contribution < -0.4 is 0 Å². The van der Waals surface area contributed by atoms with E-state index in [-0.39, 0.29) is 0 Å². The first-order valence-corrected chi connectivity index (χ1v) is 6.42. The van der Waals surface area contributed by atoms with Gasteiger partial charge in [-0.25, -0.2) is 0 Å². The zero-order chi connectivity index (χ0) is 11.3. The van der Waals surface area contributed by atoms with Crippen molar-refractivity contribution in [2.45, 2.75) is 19.3 Å². The van der Waals surface area contributed by atoms with E-state index in [9.17, 15) is 0 Å². The van der Waals surface area contributed by atoms with E-state index in [0.717, 1.165) is 25.0 Å². The van der Waals surface area contributed by atoms with E-state index in [1.807, 2.05) is 0 Å². The first-order chi connectivity index (χ1) is 7.74. The van der Waals surface area contributed by atoms with Gasteiger partial charge in [-0.3, -0.25) is 0 Å². The molecule has 0 aromatic carbocycles. The molecule has 0 spiro atoms. The molecule has 2 bridgehead atoms. The highest BCUT2D eigenvalue weighted by Crippen LogP contribution is 2.59. The molecule has 4 atom stereocenters. The Balaban J connectivity index is 2.07. The minimum absolute atomic E-state index is 0.330. The van der Waals surface area contributed by atoms with E-state index in [2.05, 4.69) is 17.3 Å². The van der Waals surface area contributed by atoms with Crippen LogP contribution in [0.5, 0.6) is 0 Å². The van der Waals surface area contributed by atoms with E-state index in [0.29, 0.717) is 28.2 Å². The number of fused-ring (bicyclic) bond motifs is 5. The molecule has 4 heteroatoms. The van der Waals surface area contributed by atoms with Crippen LogP contribution in [0.3, 0.4) is 0 Å². The highest BCUT2D eigenvalue weighted by atomic mass is 35.5. The van der Waals surface area contributed by atoms with Gasteiger partial charge in [-0.1, -0.05) is 40.5 Å². The third kappa shape index (κ3) is 1.29. The Labute approximate surface area is 105 Å². The third-order valence-corrected chi connectivity index (χ3v) is 4.75. The van der Waals surface area contributed by atoms with Crippen molar-refractivity contribution in [3.05, 3.63) is 22.2 Å². The van der Waals surface area contributed by atoms with Crippen molar-refractivity contribution in [3.63, 3.8) is 0 Å². The summed E-state index contributed by atoms with van der Waals surface area (Å²) in [7, 11) is 0. The average Bonchev–Trinajstić information content (AvgIpc) is 2.84. The Bertz CT molecular complexity index is 409. The molecule has 1 N–H and O–H groups in total. The standard InChI is InChI=1S/C12H13Cl2NO/c13-12(14)11-7-4-5-8(11)10-6(7)2-1-3-9(10)15-16/h1-2,6-8,10,16H,3-5H2/b15-9+. The molecule has 3 rings (SSSR count). The van der Waals surface area contributed by atoms with Gasteiger partial charge in [0.05, 0.1) is 5.71 Å². The van der Waals surface area contributed by atoms with Crippen molar-refractivity contribution in [1.82, 2.24) is 0 Å². The molecule has 2 saturated carbocycles. The van der Waals surface area contributed by atoms with Gasteiger partial charge in [-0.2, -0.15) is 0 Å². The number of hydrogen-bond acceptors (Lipinski definition) is 2. The van der Waals surface area contributed by atoms with Crippen LogP contribution in [0.2, 0.25) is 0 Å². The van der Waals surface area contributed by atoms with Gasteiger partial charge in [0.2, 0.25) is 0 Å². The molecule has 0 amide bonds. The maximum absolute atomic E-state index is 9.06. The van der Waals surface area contributed by atoms with Gasteiger partial charge in [0.1, 0.15) is 4.49 Å². The predicted molar refractivity (Wildman–Crippen MR) is 64.9 cm³/mol. The number of oxime groups is 1. The lowest BCUT2D eigenvalue weighted by atomic mass is 9.73. The molecule has 4 unspecified atom stereocenters. The van der Waals surface area contributed by atoms with E-state index in [4.69, 9.17) is 28.4 Å². The first-order valence-electron chi connectivity index (χ1n) is 5.66. The highest BCUT2D eigenvalue weighted by Gasteiger charge is 2.53. The second kappa shape index (κ2) is 3.78. The lowest BCUT2D eigenvalue weighted by Gasteiger charge is -2.31. The Morgan fingerprint density at radius 3 is 2.75 bits per heavy atom. The van der Waals surface area contributed by atoms with Crippen LogP contribution in [0.15, 0.2) is 27.4 Å². The molecule has 2 fully saturated rings. The number of nitrogens with zero attached hydrogens (tertiary/aromatic N) is 1. The van der Waals surface area contributed by atoms with E-state index >= 15 is 0 Å². The SMILES string of the molecule is O/N=C1\CC=CC2C3CCC(C3=C(Cl)Cl)C12. The molecule has 0 heterocycles. The lowest BCUT2D eigenvalue weighted by molar-refractivity contribution is 0.288. The Hall–Kier alpha value is -0.470. The van der Waals surface area contributed by atoms with Crippen LogP contribution in [0.25, 0.3) is 0 Å². The Morgan fingerprint density at radius 1 is 1.31 bits per heavy atom. The molecule has 3 aliphatic carbocycles. The number of hydrogen-bond donors (Lipinski definition) is 1. The van der Waals surface area contributed by atoms with Crippen LogP contribution in [0.1, 0.15) is 19.3 Å². The van der Waals surface area contributed by atoms with E-state index in [1.165, 1.54) is 5.57 Å². The molecular weight excluding hydrogens is 245 g/mol. The van der Waals surface area contributed by atoms with Gasteiger partial charge in [0.15, 0.2) is 0 Å². The van der Waals surface area contributed by atoms with Gasteiger partial charge >= 0.3 is 0 Å². The van der Waals surface area contributed by atoms with Gasteiger partial charge in [0, 0.05) is 12.3 Å². The van der Waals surface area contributed by atoms with E-state index < -0.39 is 0 Å². The minimum atomic E-state index is 0.330. The van der Waals surface area contributed by atoms with Gasteiger partial charge in [-0.15, -0.1) is 0 Å². The molecule has 16 heavy (non-hydrogen) atoms. The van der Waals surface area contributed by atoms with Crippen LogP contribution in [-0.4, -0.2) is 10.9 Å². The molecule has 0 aliphatic heterocycles. The number of allylic oxidation sites excluding steroid dienone is 3. The lowest BCUT2D eigenvalue weighted by Crippen LogP contribution is -2.30. The second-order valence-corrected chi connectivity index (χ2v) is 5.78. The molecule has 3 aliphatic rings. The normalized spacial score (nSPS) is 42.9. The van der Waals surface area contributed by atoms with Crippen LogP contribution in [0.4, 0.5) is 0 Å². The second-order valence-electron chi connectivity index (χ2n) is 4.83. The topological polar surface area (TPSA) is 32.6 Å². The third-order valence-electron chi connectivity index (χ3n) is 4.32.